The molecule has 0 N–H and O–H groups in total. The van der Waals surface area contributed by atoms with Crippen molar-refractivity contribution < 1.29 is 0 Å². The van der Waals surface area contributed by atoms with Gasteiger partial charge in [0.1, 0.15) is 0 Å². The highest BCUT2D eigenvalue weighted by molar-refractivity contribution is 6.00. The summed E-state index contributed by atoms with van der Waals surface area (Å²) >= 11 is 0. The van der Waals surface area contributed by atoms with Crippen LogP contribution in [0.15, 0.2) is 151 Å². The summed E-state index contributed by atoms with van der Waals surface area (Å²) < 4.78 is 0. The number of benzene rings is 5. The molecule has 0 saturated carbocycles. The molecule has 7 rings (SSSR count). The summed E-state index contributed by atoms with van der Waals surface area (Å²) in [5, 5.41) is 5.06. The van der Waals surface area contributed by atoms with E-state index in [1.165, 1.54) is 66.1 Å². The Balaban J connectivity index is 1.69. The van der Waals surface area contributed by atoms with Crippen LogP contribution in [-0.2, 0) is 5.41 Å². The van der Waals surface area contributed by atoms with Gasteiger partial charge in [-0.2, -0.15) is 0 Å². The minimum absolute atomic E-state index is 0.509. The van der Waals surface area contributed by atoms with Crippen molar-refractivity contribution in [2.45, 2.75) is 32.1 Å². The molecule has 0 aliphatic heterocycles. The Morgan fingerprint density at radius 2 is 1.23 bits per heavy atom. The molecule has 0 heteroatoms. The van der Waals surface area contributed by atoms with Crippen LogP contribution in [0.25, 0.3) is 44.8 Å². The maximum atomic E-state index is 4.13. The molecule has 0 spiro atoms. The number of rotatable bonds is 4. The summed E-state index contributed by atoms with van der Waals surface area (Å²) in [6, 6.07) is 34.3. The normalized spacial score (nSPS) is 19.7. The fourth-order valence-corrected chi connectivity index (χ4v) is 7.05. The fourth-order valence-electron chi connectivity index (χ4n) is 7.05. The Kier molecular flexibility index (Phi) is 6.92. The highest BCUT2D eigenvalue weighted by Gasteiger charge is 2.47. The van der Waals surface area contributed by atoms with Crippen LogP contribution in [0.3, 0.4) is 0 Å². The van der Waals surface area contributed by atoms with Gasteiger partial charge in [-0.15, -0.1) is 0 Å². The third-order valence-corrected chi connectivity index (χ3v) is 9.09. The predicted molar refractivity (Wildman–Crippen MR) is 187 cm³/mol. The zero-order valence-corrected chi connectivity index (χ0v) is 25.0. The van der Waals surface area contributed by atoms with E-state index in [4.69, 9.17) is 0 Å². The van der Waals surface area contributed by atoms with Gasteiger partial charge in [0, 0.05) is 0 Å². The monoisotopic (exact) mass is 552 g/mol. The zero-order chi connectivity index (χ0) is 29.4. The zero-order valence-electron chi connectivity index (χ0n) is 25.0. The molecule has 0 bridgehead atoms. The predicted octanol–water partition coefficient (Wildman–Crippen LogP) is 11.8. The fraction of sp³-hybridized carbons (Fsp3) is 0.116. The molecule has 0 aromatic heterocycles. The van der Waals surface area contributed by atoms with E-state index in [0.29, 0.717) is 0 Å². The smallest absolute Gasteiger partial charge is 0.0714 e. The Morgan fingerprint density at radius 3 is 1.81 bits per heavy atom. The molecular formula is C43H36. The minimum Gasteiger partial charge on any atom is -0.0984 e. The molecule has 0 heterocycles. The van der Waals surface area contributed by atoms with E-state index in [-0.39, 0.29) is 0 Å². The molecule has 43 heavy (non-hydrogen) atoms. The second-order valence-corrected chi connectivity index (χ2v) is 11.7. The summed E-state index contributed by atoms with van der Waals surface area (Å²) in [4.78, 5) is 0. The van der Waals surface area contributed by atoms with Crippen molar-refractivity contribution in [2.24, 2.45) is 0 Å². The Bertz CT molecular complexity index is 1970. The topological polar surface area (TPSA) is 0 Å². The highest BCUT2D eigenvalue weighted by atomic mass is 14.5. The highest BCUT2D eigenvalue weighted by Crippen LogP contribution is 2.58. The minimum atomic E-state index is -0.509. The van der Waals surface area contributed by atoms with Crippen molar-refractivity contribution in [3.05, 3.63) is 179 Å². The van der Waals surface area contributed by atoms with Gasteiger partial charge < -0.3 is 0 Å². The lowest BCUT2D eigenvalue weighted by Gasteiger charge is -2.35. The maximum absolute atomic E-state index is 4.13. The van der Waals surface area contributed by atoms with Gasteiger partial charge in [0.2, 0.25) is 0 Å². The lowest BCUT2D eigenvalue weighted by molar-refractivity contribution is 0.767. The summed E-state index contributed by atoms with van der Waals surface area (Å²) in [6.45, 7) is 8.41. The van der Waals surface area contributed by atoms with E-state index in [2.05, 4.69) is 160 Å². The molecule has 0 radical (unpaired) electrons. The van der Waals surface area contributed by atoms with E-state index < -0.39 is 5.41 Å². The van der Waals surface area contributed by atoms with Crippen LogP contribution in [0.5, 0.6) is 0 Å². The van der Waals surface area contributed by atoms with E-state index in [9.17, 15) is 0 Å². The number of fused-ring (bicyclic) bond motifs is 5. The Morgan fingerprint density at radius 1 is 0.651 bits per heavy atom. The molecule has 0 amide bonds. The summed E-state index contributed by atoms with van der Waals surface area (Å²) in [5.74, 6) is 0. The van der Waals surface area contributed by atoms with Gasteiger partial charge in [-0.25, -0.2) is 0 Å². The molecule has 2 aliphatic carbocycles. The SMILES string of the molecule is C=Cc1ccc(C2(C3=C/C=C(C)/C=C\CC\C=C\3)c3cc4ccccc4cc3-c3cc4ccccc4cc32)cc1/C=C\C. The summed E-state index contributed by atoms with van der Waals surface area (Å²) in [7, 11) is 0. The van der Waals surface area contributed by atoms with Gasteiger partial charge in [-0.1, -0.05) is 127 Å². The van der Waals surface area contributed by atoms with E-state index in [1.54, 1.807) is 0 Å². The Hall–Kier alpha value is -4.94. The van der Waals surface area contributed by atoms with Crippen LogP contribution in [0.4, 0.5) is 0 Å². The molecule has 0 atom stereocenters. The van der Waals surface area contributed by atoms with Crippen LogP contribution in [-0.4, -0.2) is 0 Å². The molecule has 0 unspecified atom stereocenters. The second-order valence-electron chi connectivity index (χ2n) is 11.7. The average molecular weight is 553 g/mol. The van der Waals surface area contributed by atoms with Gasteiger partial charge in [-0.05, 0) is 123 Å². The molecule has 208 valence electrons. The van der Waals surface area contributed by atoms with Gasteiger partial charge in [-0.3, -0.25) is 0 Å². The lowest BCUT2D eigenvalue weighted by Crippen LogP contribution is -2.29. The quantitative estimate of drug-likeness (QED) is 0.208. The first-order valence-corrected chi connectivity index (χ1v) is 15.3. The van der Waals surface area contributed by atoms with Crippen LogP contribution in [0.1, 0.15) is 54.5 Å². The number of hydrogen-bond donors (Lipinski definition) is 0. The van der Waals surface area contributed by atoms with E-state index in [0.717, 1.165) is 18.4 Å². The average Bonchev–Trinajstić information content (AvgIpc) is 3.31. The number of hydrogen-bond acceptors (Lipinski definition) is 0. The van der Waals surface area contributed by atoms with Crippen molar-refractivity contribution in [2.75, 3.05) is 0 Å². The second kappa shape index (κ2) is 11.0. The van der Waals surface area contributed by atoms with Gasteiger partial charge in [0.25, 0.3) is 0 Å². The van der Waals surface area contributed by atoms with Crippen molar-refractivity contribution in [3.8, 4) is 11.1 Å². The first-order valence-electron chi connectivity index (χ1n) is 15.3. The van der Waals surface area contributed by atoms with Crippen LogP contribution >= 0.6 is 0 Å². The van der Waals surface area contributed by atoms with Crippen molar-refractivity contribution in [1.82, 2.24) is 0 Å². The molecular weight excluding hydrogens is 516 g/mol. The standard InChI is InChI=1S/C43H36/c1-4-14-32-25-38(24-22-31(32)5-2)43(37-20-9-7-6-8-15-30(3)21-23-37)41-28-35-18-12-10-16-33(35)26-39(41)40-27-34-17-11-13-19-36(34)29-42(40)43/h4-5,8-29H,2,6-7H2,1,3H3/b14-4-,15-8-,20-9+,30-21+,37-23+. The summed E-state index contributed by atoms with van der Waals surface area (Å²) in [5.41, 5.74) is 10.9. The molecule has 5 aromatic carbocycles. The molecule has 0 nitrogen and oxygen atoms in total. The van der Waals surface area contributed by atoms with E-state index >= 15 is 0 Å². The molecule has 0 fully saturated rings. The molecule has 5 aromatic rings. The third-order valence-electron chi connectivity index (χ3n) is 9.09. The van der Waals surface area contributed by atoms with Crippen molar-refractivity contribution in [1.29, 1.82) is 0 Å². The first kappa shape index (κ1) is 26.9. The van der Waals surface area contributed by atoms with Crippen LogP contribution < -0.4 is 0 Å². The van der Waals surface area contributed by atoms with Gasteiger partial charge in [0.15, 0.2) is 0 Å². The van der Waals surface area contributed by atoms with Gasteiger partial charge >= 0.3 is 0 Å². The maximum Gasteiger partial charge on any atom is 0.0714 e. The van der Waals surface area contributed by atoms with Crippen molar-refractivity contribution in [3.63, 3.8) is 0 Å². The summed E-state index contributed by atoms with van der Waals surface area (Å²) in [6.07, 6.45) is 22.3. The Labute approximate surface area is 255 Å². The number of allylic oxidation sites excluding steroid dienone is 9. The van der Waals surface area contributed by atoms with Crippen molar-refractivity contribution >= 4 is 33.7 Å². The molecule has 2 aliphatic rings. The third kappa shape index (κ3) is 4.46. The first-order chi connectivity index (χ1) is 21.1. The lowest BCUT2D eigenvalue weighted by atomic mass is 9.66. The van der Waals surface area contributed by atoms with Crippen LogP contribution in [0, 0.1) is 0 Å². The van der Waals surface area contributed by atoms with Crippen LogP contribution in [0.2, 0.25) is 0 Å². The molecule has 0 saturated heterocycles. The largest absolute Gasteiger partial charge is 0.0984 e. The van der Waals surface area contributed by atoms with Gasteiger partial charge in [0.05, 0.1) is 5.41 Å². The van der Waals surface area contributed by atoms with E-state index in [1.807, 2.05) is 6.08 Å².